The fourth-order valence-electron chi connectivity index (χ4n) is 4.60. The molecule has 0 saturated carbocycles. The third-order valence-corrected chi connectivity index (χ3v) is 6.50. The lowest BCUT2D eigenvalue weighted by Gasteiger charge is -2.27. The number of H-pyrrole nitrogens is 1. The van der Waals surface area contributed by atoms with Gasteiger partial charge in [0.1, 0.15) is 23.5 Å². The molecule has 194 valence electrons. The molecule has 2 unspecified atom stereocenters. The van der Waals surface area contributed by atoms with Crippen LogP contribution >= 0.6 is 11.6 Å². The van der Waals surface area contributed by atoms with Crippen molar-refractivity contribution in [1.29, 1.82) is 5.26 Å². The Morgan fingerprint density at radius 1 is 1.31 bits per heavy atom. The van der Waals surface area contributed by atoms with E-state index in [9.17, 15) is 19.6 Å². The van der Waals surface area contributed by atoms with E-state index in [0.717, 1.165) is 0 Å². The van der Waals surface area contributed by atoms with Crippen LogP contribution in [0.5, 0.6) is 5.75 Å². The van der Waals surface area contributed by atoms with Crippen LogP contribution in [0.3, 0.4) is 0 Å². The molecule has 0 spiro atoms. The van der Waals surface area contributed by atoms with Crippen LogP contribution < -0.4 is 20.7 Å². The monoisotopic (exact) mass is 515 g/mol. The summed E-state index contributed by atoms with van der Waals surface area (Å²) in [5, 5.41) is 19.2. The molecular formula is C26H34ClN5O4. The van der Waals surface area contributed by atoms with Crippen molar-refractivity contribution in [3.8, 4) is 11.8 Å². The molecule has 0 bridgehead atoms. The second-order valence-corrected chi connectivity index (χ2v) is 11.6. The van der Waals surface area contributed by atoms with E-state index in [-0.39, 0.29) is 34.9 Å². The summed E-state index contributed by atoms with van der Waals surface area (Å²) in [4.78, 5) is 41.7. The number of halogens is 1. The van der Waals surface area contributed by atoms with Crippen molar-refractivity contribution in [3.63, 3.8) is 0 Å². The number of carbonyl (C=O) groups excluding carboxylic acids is 3. The molecule has 1 saturated heterocycles. The number of nitrogens with zero attached hydrogens (tertiary/aromatic N) is 1. The van der Waals surface area contributed by atoms with Crippen molar-refractivity contribution >= 4 is 40.2 Å². The highest BCUT2D eigenvalue weighted by atomic mass is 35.5. The van der Waals surface area contributed by atoms with Gasteiger partial charge in [-0.1, -0.05) is 32.4 Å². The quantitative estimate of drug-likeness (QED) is 0.425. The largest absolute Gasteiger partial charge is 0.496 e. The third kappa shape index (κ3) is 6.49. The molecule has 1 aliphatic rings. The maximum Gasteiger partial charge on any atom is 0.268 e. The van der Waals surface area contributed by atoms with E-state index in [1.807, 2.05) is 34.6 Å². The van der Waals surface area contributed by atoms with E-state index in [1.54, 1.807) is 18.2 Å². The van der Waals surface area contributed by atoms with E-state index in [0.29, 0.717) is 34.5 Å². The normalized spacial score (nSPS) is 18.7. The van der Waals surface area contributed by atoms with Crippen LogP contribution in [0.25, 0.3) is 10.9 Å². The summed E-state index contributed by atoms with van der Waals surface area (Å²) in [5.41, 5.74) is 0.143. The van der Waals surface area contributed by atoms with Gasteiger partial charge in [-0.25, -0.2) is 0 Å². The predicted molar refractivity (Wildman–Crippen MR) is 138 cm³/mol. The number of hydrogen-bond acceptors (Lipinski definition) is 5. The Labute approximate surface area is 216 Å². The lowest BCUT2D eigenvalue weighted by molar-refractivity contribution is -0.125. The van der Waals surface area contributed by atoms with Gasteiger partial charge in [-0.2, -0.15) is 5.26 Å². The van der Waals surface area contributed by atoms with Crippen molar-refractivity contribution in [2.75, 3.05) is 7.11 Å². The van der Waals surface area contributed by atoms with E-state index < -0.39 is 23.9 Å². The Morgan fingerprint density at radius 2 is 2.00 bits per heavy atom. The maximum atomic E-state index is 13.2. The summed E-state index contributed by atoms with van der Waals surface area (Å²) >= 11 is 6.28. The first-order chi connectivity index (χ1) is 16.7. The molecule has 4 N–H and O–H groups in total. The van der Waals surface area contributed by atoms with E-state index in [1.165, 1.54) is 7.11 Å². The lowest BCUT2D eigenvalue weighted by atomic mass is 9.87. The zero-order chi connectivity index (χ0) is 26.8. The van der Waals surface area contributed by atoms with Crippen LogP contribution in [0.4, 0.5) is 0 Å². The van der Waals surface area contributed by atoms with Gasteiger partial charge in [0, 0.05) is 16.8 Å². The number of rotatable bonds is 8. The molecule has 36 heavy (non-hydrogen) atoms. The predicted octanol–water partition coefficient (Wildman–Crippen LogP) is 3.68. The SMILES string of the molecule is COc1ccc(Cl)c2[nH]c(C(=O)NC(CC(C)(C)C)C(=O)N[C@H](C#N)CC3CC(C)(C)NC3=O)cc12. The fourth-order valence-corrected chi connectivity index (χ4v) is 4.82. The Hall–Kier alpha value is -3.25. The van der Waals surface area contributed by atoms with Crippen molar-refractivity contribution < 1.29 is 19.1 Å². The molecule has 0 radical (unpaired) electrons. The van der Waals surface area contributed by atoms with E-state index in [2.05, 4.69) is 27.0 Å². The highest BCUT2D eigenvalue weighted by Gasteiger charge is 2.39. The fraction of sp³-hybridized carbons (Fsp3) is 0.538. The Balaban J connectivity index is 1.77. The number of benzene rings is 1. The van der Waals surface area contributed by atoms with Gasteiger partial charge in [0.05, 0.1) is 23.7 Å². The topological polar surface area (TPSA) is 136 Å². The molecule has 1 aromatic carbocycles. The first kappa shape index (κ1) is 27.3. The summed E-state index contributed by atoms with van der Waals surface area (Å²) in [6.07, 6.45) is 1.12. The molecule has 3 rings (SSSR count). The van der Waals surface area contributed by atoms with Crippen molar-refractivity contribution in [1.82, 2.24) is 20.9 Å². The summed E-state index contributed by atoms with van der Waals surface area (Å²) in [5.74, 6) is -0.897. The highest BCUT2D eigenvalue weighted by molar-refractivity contribution is 6.35. The number of ether oxygens (including phenoxy) is 1. The molecule has 1 fully saturated rings. The standard InChI is InChI=1S/C26H34ClN5O4/c1-25(2,3)12-19(24(35)29-15(13-28)9-14-11-26(4,5)32-22(14)33)31-23(34)18-10-16-20(36-6)8-7-17(27)21(16)30-18/h7-8,10,14-15,19,30H,9,11-12H2,1-6H3,(H,29,35)(H,31,34)(H,32,33)/t14?,15-,19?/m0/s1. The van der Waals surface area contributed by atoms with Crippen LogP contribution in [-0.2, 0) is 9.59 Å². The molecule has 9 nitrogen and oxygen atoms in total. The molecular weight excluding hydrogens is 482 g/mol. The number of aromatic amines is 1. The average molecular weight is 516 g/mol. The molecule has 0 aliphatic carbocycles. The number of aromatic nitrogens is 1. The van der Waals surface area contributed by atoms with Crippen molar-refractivity contribution in [2.24, 2.45) is 11.3 Å². The lowest BCUT2D eigenvalue weighted by Crippen LogP contribution is -2.51. The van der Waals surface area contributed by atoms with Crippen LogP contribution in [-0.4, -0.2) is 47.4 Å². The van der Waals surface area contributed by atoms with Gasteiger partial charge in [-0.05, 0) is 56.7 Å². The van der Waals surface area contributed by atoms with Gasteiger partial charge in [0.15, 0.2) is 0 Å². The molecule has 1 aromatic heterocycles. The van der Waals surface area contributed by atoms with Crippen LogP contribution in [0, 0.1) is 22.7 Å². The van der Waals surface area contributed by atoms with Crippen molar-refractivity contribution in [2.45, 2.75) is 71.5 Å². The highest BCUT2D eigenvalue weighted by Crippen LogP contribution is 2.32. The van der Waals surface area contributed by atoms with Crippen LogP contribution in [0.15, 0.2) is 18.2 Å². The zero-order valence-corrected chi connectivity index (χ0v) is 22.3. The number of amides is 3. The van der Waals surface area contributed by atoms with E-state index in [4.69, 9.17) is 16.3 Å². The number of nitriles is 1. The Kier molecular flexibility index (Phi) is 7.89. The minimum atomic E-state index is -0.897. The number of methoxy groups -OCH3 is 1. The third-order valence-electron chi connectivity index (χ3n) is 6.19. The molecule has 3 atom stereocenters. The number of hydrogen-bond donors (Lipinski definition) is 4. The van der Waals surface area contributed by atoms with Crippen LogP contribution in [0.1, 0.15) is 64.4 Å². The van der Waals surface area contributed by atoms with Crippen LogP contribution in [0.2, 0.25) is 5.02 Å². The summed E-state index contributed by atoms with van der Waals surface area (Å²) in [6, 6.07) is 5.34. The minimum Gasteiger partial charge on any atom is -0.496 e. The maximum absolute atomic E-state index is 13.2. The summed E-state index contributed by atoms with van der Waals surface area (Å²) in [7, 11) is 1.53. The second-order valence-electron chi connectivity index (χ2n) is 11.2. The average Bonchev–Trinajstić information content (AvgIpc) is 3.33. The first-order valence-corrected chi connectivity index (χ1v) is 12.3. The second kappa shape index (κ2) is 10.4. The molecule has 10 heteroatoms. The molecule has 3 amide bonds. The number of nitrogens with one attached hydrogen (secondary N) is 4. The summed E-state index contributed by atoms with van der Waals surface area (Å²) in [6.45, 7) is 9.72. The van der Waals surface area contributed by atoms with Gasteiger partial charge in [-0.3, -0.25) is 14.4 Å². The van der Waals surface area contributed by atoms with Gasteiger partial charge in [-0.15, -0.1) is 0 Å². The molecule has 2 aromatic rings. The molecule has 2 heterocycles. The zero-order valence-electron chi connectivity index (χ0n) is 21.5. The minimum absolute atomic E-state index is 0.123. The number of carbonyl (C=O) groups is 3. The number of fused-ring (bicyclic) bond motifs is 1. The van der Waals surface area contributed by atoms with Gasteiger partial charge in [0.25, 0.3) is 5.91 Å². The first-order valence-electron chi connectivity index (χ1n) is 11.9. The van der Waals surface area contributed by atoms with E-state index >= 15 is 0 Å². The molecule has 1 aliphatic heterocycles. The smallest absolute Gasteiger partial charge is 0.268 e. The van der Waals surface area contributed by atoms with Gasteiger partial charge >= 0.3 is 0 Å². The van der Waals surface area contributed by atoms with Gasteiger partial charge in [0.2, 0.25) is 11.8 Å². The summed E-state index contributed by atoms with van der Waals surface area (Å²) < 4.78 is 5.36. The van der Waals surface area contributed by atoms with Gasteiger partial charge < -0.3 is 25.7 Å². The Bertz CT molecular complexity index is 1210. The van der Waals surface area contributed by atoms with Crippen molar-refractivity contribution in [3.05, 3.63) is 28.9 Å². The Morgan fingerprint density at radius 3 is 2.56 bits per heavy atom.